The molecule has 0 aliphatic carbocycles. The van der Waals surface area contributed by atoms with Gasteiger partial charge in [0.1, 0.15) is 5.60 Å². The number of nitrogens with zero attached hydrogens (tertiary/aromatic N) is 1. The summed E-state index contributed by atoms with van der Waals surface area (Å²) >= 11 is 0. The number of esters is 1. The lowest BCUT2D eigenvalue weighted by Crippen LogP contribution is -2.44. The zero-order chi connectivity index (χ0) is 18.5. The van der Waals surface area contributed by atoms with Gasteiger partial charge < -0.3 is 4.74 Å². The maximum Gasteiger partial charge on any atom is 0.332 e. The summed E-state index contributed by atoms with van der Waals surface area (Å²) in [6, 6.07) is 20.8. The molecule has 2 aromatic rings. The van der Waals surface area contributed by atoms with Crippen LogP contribution in [0.3, 0.4) is 0 Å². The highest BCUT2D eigenvalue weighted by Crippen LogP contribution is 2.41. The monoisotopic (exact) mass is 333 g/mol. The lowest BCUT2D eigenvalue weighted by atomic mass is 9.68. The van der Waals surface area contributed by atoms with Crippen molar-refractivity contribution in [1.29, 1.82) is 5.26 Å². The van der Waals surface area contributed by atoms with Gasteiger partial charge in [0.25, 0.3) is 0 Å². The molecule has 25 heavy (non-hydrogen) atoms. The Hall–Kier alpha value is -2.86. The predicted molar refractivity (Wildman–Crippen MR) is 99.0 cm³/mol. The van der Waals surface area contributed by atoms with E-state index in [0.29, 0.717) is 5.56 Å². The third-order valence-corrected chi connectivity index (χ3v) is 3.99. The molecule has 0 aromatic heterocycles. The van der Waals surface area contributed by atoms with Crippen molar-refractivity contribution >= 4 is 5.97 Å². The summed E-state index contributed by atoms with van der Waals surface area (Å²) in [5, 5.41) is 10.2. The predicted octanol–water partition coefficient (Wildman–Crippen LogP) is 4.76. The van der Waals surface area contributed by atoms with Gasteiger partial charge in [-0.3, -0.25) is 0 Å². The molecule has 0 spiro atoms. The number of carbonyl (C=O) groups is 1. The minimum absolute atomic E-state index is 0.532. The van der Waals surface area contributed by atoms with Crippen molar-refractivity contribution < 1.29 is 9.53 Å². The Labute approximate surface area is 149 Å². The van der Waals surface area contributed by atoms with Crippen LogP contribution < -0.4 is 0 Å². The second kappa shape index (κ2) is 7.36. The lowest BCUT2D eigenvalue weighted by Gasteiger charge is -2.34. The number of benzene rings is 2. The van der Waals surface area contributed by atoms with E-state index < -0.39 is 22.9 Å². The Bertz CT molecular complexity index is 769. The fourth-order valence-electron chi connectivity index (χ4n) is 2.89. The fourth-order valence-corrected chi connectivity index (χ4v) is 2.89. The van der Waals surface area contributed by atoms with Gasteiger partial charge in [-0.1, -0.05) is 66.7 Å². The van der Waals surface area contributed by atoms with E-state index in [1.54, 1.807) is 39.0 Å². The van der Waals surface area contributed by atoms with Crippen LogP contribution in [0.5, 0.6) is 0 Å². The summed E-state index contributed by atoms with van der Waals surface area (Å²) in [4.78, 5) is 13.2. The van der Waals surface area contributed by atoms with E-state index in [9.17, 15) is 10.1 Å². The third kappa shape index (κ3) is 3.80. The quantitative estimate of drug-likeness (QED) is 0.585. The molecule has 0 radical (unpaired) electrons. The molecule has 2 rings (SSSR count). The summed E-state index contributed by atoms with van der Waals surface area (Å²) in [5.41, 5.74) is -0.761. The standard InChI is InChI=1S/C22H23NO2/c1-5-19(17-12-8-6-9-13-17)22(16-23,18-14-10-7-11-15-18)20(24)25-21(2,3)4/h5-15,19H,1H2,2-4H3/t19-,22-/m0/s1. The molecule has 2 aromatic carbocycles. The highest BCUT2D eigenvalue weighted by Gasteiger charge is 2.50. The van der Waals surface area contributed by atoms with Gasteiger partial charge in [-0.25, -0.2) is 4.79 Å². The number of nitriles is 1. The summed E-state index contributed by atoms with van der Waals surface area (Å²) < 4.78 is 5.64. The van der Waals surface area contributed by atoms with E-state index >= 15 is 0 Å². The van der Waals surface area contributed by atoms with E-state index in [1.807, 2.05) is 48.5 Å². The zero-order valence-electron chi connectivity index (χ0n) is 14.9. The highest BCUT2D eigenvalue weighted by atomic mass is 16.6. The Morgan fingerprint density at radius 2 is 1.60 bits per heavy atom. The molecule has 0 fully saturated rings. The average Bonchev–Trinajstić information content (AvgIpc) is 2.59. The molecule has 3 heteroatoms. The van der Waals surface area contributed by atoms with E-state index in [4.69, 9.17) is 4.74 Å². The minimum atomic E-state index is -1.50. The van der Waals surface area contributed by atoms with Gasteiger partial charge in [0.15, 0.2) is 5.41 Å². The van der Waals surface area contributed by atoms with Crippen LogP contribution in [-0.4, -0.2) is 11.6 Å². The van der Waals surface area contributed by atoms with Crippen LogP contribution in [-0.2, 0) is 14.9 Å². The fraction of sp³-hybridized carbons (Fsp3) is 0.273. The molecule has 0 saturated heterocycles. The van der Waals surface area contributed by atoms with Gasteiger partial charge in [0.05, 0.1) is 6.07 Å². The van der Waals surface area contributed by atoms with E-state index in [2.05, 4.69) is 12.6 Å². The molecule has 0 aliphatic rings. The molecule has 128 valence electrons. The second-order valence-electron chi connectivity index (χ2n) is 6.91. The van der Waals surface area contributed by atoms with Crippen molar-refractivity contribution in [1.82, 2.24) is 0 Å². The molecule has 0 unspecified atom stereocenters. The maximum absolute atomic E-state index is 13.2. The van der Waals surface area contributed by atoms with Crippen LogP contribution in [0.15, 0.2) is 73.3 Å². The van der Waals surface area contributed by atoms with Gasteiger partial charge in [-0.15, -0.1) is 6.58 Å². The first-order valence-electron chi connectivity index (χ1n) is 8.23. The molecular formula is C22H23NO2. The Kier molecular flexibility index (Phi) is 5.44. The van der Waals surface area contributed by atoms with Crippen molar-refractivity contribution in [3.8, 4) is 6.07 Å². The van der Waals surface area contributed by atoms with Gasteiger partial charge >= 0.3 is 5.97 Å². The molecule has 0 saturated carbocycles. The Morgan fingerprint density at radius 1 is 1.08 bits per heavy atom. The number of ether oxygens (including phenoxy) is 1. The normalized spacial score (nSPS) is 14.6. The van der Waals surface area contributed by atoms with Gasteiger partial charge in [-0.05, 0) is 31.9 Å². The molecule has 0 heterocycles. The first kappa shape index (κ1) is 18.5. The SMILES string of the molecule is C=C[C@@H](c1ccccc1)[C@@](C#N)(C(=O)OC(C)(C)C)c1ccccc1. The van der Waals surface area contributed by atoms with Crippen LogP contribution in [0.4, 0.5) is 0 Å². The van der Waals surface area contributed by atoms with Gasteiger partial charge in [0, 0.05) is 5.92 Å². The van der Waals surface area contributed by atoms with Crippen molar-refractivity contribution in [3.05, 3.63) is 84.4 Å². The Morgan fingerprint density at radius 3 is 2.04 bits per heavy atom. The van der Waals surface area contributed by atoms with Crippen molar-refractivity contribution in [3.63, 3.8) is 0 Å². The van der Waals surface area contributed by atoms with Crippen molar-refractivity contribution in [2.24, 2.45) is 0 Å². The van der Waals surface area contributed by atoms with Crippen molar-refractivity contribution in [2.45, 2.75) is 37.7 Å². The first-order chi connectivity index (χ1) is 11.8. The van der Waals surface area contributed by atoms with E-state index in [-0.39, 0.29) is 0 Å². The lowest BCUT2D eigenvalue weighted by molar-refractivity contribution is -0.160. The molecule has 0 N–H and O–H groups in total. The van der Waals surface area contributed by atoms with E-state index in [0.717, 1.165) is 5.56 Å². The second-order valence-corrected chi connectivity index (χ2v) is 6.91. The summed E-state index contributed by atoms with van der Waals surface area (Å²) in [6.07, 6.45) is 1.65. The van der Waals surface area contributed by atoms with Gasteiger partial charge in [-0.2, -0.15) is 5.26 Å². The number of allylic oxidation sites excluding steroid dienone is 1. The van der Waals surface area contributed by atoms with Crippen LogP contribution in [0.1, 0.15) is 37.8 Å². The van der Waals surface area contributed by atoms with Crippen LogP contribution in [0.25, 0.3) is 0 Å². The largest absolute Gasteiger partial charge is 0.458 e. The smallest absolute Gasteiger partial charge is 0.332 e. The number of rotatable bonds is 5. The molecule has 0 amide bonds. The van der Waals surface area contributed by atoms with Gasteiger partial charge in [0.2, 0.25) is 0 Å². The highest BCUT2D eigenvalue weighted by molar-refractivity contribution is 5.89. The number of hydrogen-bond acceptors (Lipinski definition) is 3. The number of carbonyl (C=O) groups excluding carboxylic acids is 1. The van der Waals surface area contributed by atoms with Crippen LogP contribution in [0.2, 0.25) is 0 Å². The molecular weight excluding hydrogens is 310 g/mol. The molecule has 0 bridgehead atoms. The maximum atomic E-state index is 13.2. The molecule has 0 aliphatic heterocycles. The topological polar surface area (TPSA) is 50.1 Å². The summed E-state index contributed by atoms with van der Waals surface area (Å²) in [5.74, 6) is -1.10. The Balaban J connectivity index is 2.69. The summed E-state index contributed by atoms with van der Waals surface area (Å²) in [6.45, 7) is 9.28. The average molecular weight is 333 g/mol. The van der Waals surface area contributed by atoms with E-state index in [1.165, 1.54) is 0 Å². The van der Waals surface area contributed by atoms with Crippen LogP contribution >= 0.6 is 0 Å². The molecule has 2 atom stereocenters. The van der Waals surface area contributed by atoms with Crippen LogP contribution in [0, 0.1) is 11.3 Å². The van der Waals surface area contributed by atoms with Crippen molar-refractivity contribution in [2.75, 3.05) is 0 Å². The number of hydrogen-bond donors (Lipinski definition) is 0. The molecule has 3 nitrogen and oxygen atoms in total. The summed E-state index contributed by atoms with van der Waals surface area (Å²) in [7, 11) is 0. The minimum Gasteiger partial charge on any atom is -0.458 e. The third-order valence-electron chi connectivity index (χ3n) is 3.99. The first-order valence-corrected chi connectivity index (χ1v) is 8.23. The zero-order valence-corrected chi connectivity index (χ0v) is 14.9.